The van der Waals surface area contributed by atoms with Crippen LogP contribution in [0.15, 0.2) is 52.3 Å². The van der Waals surface area contributed by atoms with Crippen LogP contribution in [0.2, 0.25) is 0 Å². The quantitative estimate of drug-likeness (QED) is 0.355. The van der Waals surface area contributed by atoms with Crippen molar-refractivity contribution in [2.45, 2.75) is 32.6 Å². The Morgan fingerprint density at radius 1 is 1.42 bits per heavy atom. The third-order valence-electron chi connectivity index (χ3n) is 5.34. The van der Waals surface area contributed by atoms with E-state index in [0.717, 1.165) is 64.8 Å². The van der Waals surface area contributed by atoms with E-state index in [4.69, 9.17) is 14.8 Å². The summed E-state index contributed by atoms with van der Waals surface area (Å²) in [5, 5.41) is 20.5. The van der Waals surface area contributed by atoms with Crippen molar-refractivity contribution < 1.29 is 4.42 Å². The van der Waals surface area contributed by atoms with Gasteiger partial charge in [0.2, 0.25) is 0 Å². The molecule has 1 saturated heterocycles. The molecule has 31 heavy (non-hydrogen) atoms. The largest absolute Gasteiger partial charge is 0.462 e. The van der Waals surface area contributed by atoms with Gasteiger partial charge in [0, 0.05) is 29.7 Å². The molecule has 162 valence electrons. The zero-order chi connectivity index (χ0) is 22.0. The second kappa shape index (κ2) is 9.11. The van der Waals surface area contributed by atoms with Crippen LogP contribution < -0.4 is 10.6 Å². The van der Waals surface area contributed by atoms with Gasteiger partial charge >= 0.3 is 0 Å². The van der Waals surface area contributed by atoms with Crippen LogP contribution in [0.4, 0.5) is 5.82 Å². The average molecular weight is 437 g/mol. The van der Waals surface area contributed by atoms with Crippen LogP contribution >= 0.6 is 11.8 Å². The highest BCUT2D eigenvalue weighted by molar-refractivity contribution is 8.02. The van der Waals surface area contributed by atoms with E-state index < -0.39 is 0 Å². The van der Waals surface area contributed by atoms with Crippen LogP contribution in [0.25, 0.3) is 16.8 Å². The summed E-state index contributed by atoms with van der Waals surface area (Å²) in [5.41, 5.74) is 4.95. The minimum absolute atomic E-state index is 0.355. The van der Waals surface area contributed by atoms with Gasteiger partial charge in [-0.3, -0.25) is 0 Å². The summed E-state index contributed by atoms with van der Waals surface area (Å²) in [6.07, 6.45) is 9.79. The monoisotopic (exact) mass is 436 g/mol. The van der Waals surface area contributed by atoms with Crippen molar-refractivity contribution in [2.24, 2.45) is 0 Å². The normalized spacial score (nSPS) is 17.1. The number of furan rings is 1. The molecule has 3 aromatic heterocycles. The summed E-state index contributed by atoms with van der Waals surface area (Å²) in [7, 11) is 0. The van der Waals surface area contributed by atoms with Gasteiger partial charge in [-0.25, -0.2) is 4.98 Å². The van der Waals surface area contributed by atoms with Crippen molar-refractivity contribution in [3.05, 3.63) is 59.3 Å². The molecule has 1 atom stereocenters. The zero-order valence-corrected chi connectivity index (χ0v) is 19.0. The van der Waals surface area contributed by atoms with E-state index in [2.05, 4.69) is 28.4 Å². The molecule has 1 unspecified atom stereocenters. The number of allylic oxidation sites excluding steroid dienone is 2. The Kier molecular flexibility index (Phi) is 6.29. The van der Waals surface area contributed by atoms with Gasteiger partial charge in [0.05, 0.1) is 28.9 Å². The Bertz CT molecular complexity index is 1150. The van der Waals surface area contributed by atoms with Gasteiger partial charge in [-0.2, -0.15) is 9.61 Å². The molecule has 0 saturated carbocycles. The average Bonchev–Trinajstić information content (AvgIpc) is 3.40. The molecule has 4 rings (SSSR count). The topological polar surface area (TPSA) is 91.2 Å². The molecule has 0 radical (unpaired) electrons. The molecule has 0 amide bonds. The second-order valence-electron chi connectivity index (χ2n) is 7.91. The number of hydrogen-bond donors (Lipinski definition) is 3. The van der Waals surface area contributed by atoms with E-state index in [9.17, 15) is 0 Å². The first-order valence-electron chi connectivity index (χ1n) is 10.4. The molecule has 7 nitrogen and oxygen atoms in total. The summed E-state index contributed by atoms with van der Waals surface area (Å²) in [6, 6.07) is 3.98. The van der Waals surface area contributed by atoms with Crippen molar-refractivity contribution >= 4 is 28.9 Å². The fourth-order valence-electron chi connectivity index (χ4n) is 3.76. The molecule has 3 aromatic rings. The van der Waals surface area contributed by atoms with E-state index in [1.165, 1.54) is 0 Å². The number of rotatable bonds is 7. The van der Waals surface area contributed by atoms with E-state index in [0.29, 0.717) is 17.4 Å². The summed E-state index contributed by atoms with van der Waals surface area (Å²) in [6.45, 7) is 9.67. The molecule has 3 N–H and O–H groups in total. The predicted molar refractivity (Wildman–Crippen MR) is 128 cm³/mol. The molecule has 4 heterocycles. The molecular formula is C23H28N6OS. The molecule has 0 aromatic carbocycles. The molecular weight excluding hydrogens is 408 g/mol. The van der Waals surface area contributed by atoms with Crippen LogP contribution in [0, 0.1) is 5.41 Å². The van der Waals surface area contributed by atoms with E-state index in [1.54, 1.807) is 24.9 Å². The van der Waals surface area contributed by atoms with Crippen LogP contribution in [0.1, 0.15) is 44.1 Å². The fraction of sp³-hybridized carbons (Fsp3) is 0.348. The van der Waals surface area contributed by atoms with Gasteiger partial charge in [0.25, 0.3) is 0 Å². The Morgan fingerprint density at radius 3 is 2.90 bits per heavy atom. The van der Waals surface area contributed by atoms with Crippen LogP contribution in [0.3, 0.4) is 0 Å². The number of anilines is 1. The number of nitrogens with one attached hydrogen (secondary N) is 3. The highest BCUT2D eigenvalue weighted by atomic mass is 32.2. The van der Waals surface area contributed by atoms with Crippen LogP contribution in [0.5, 0.6) is 0 Å². The first-order chi connectivity index (χ1) is 15.0. The first kappa shape index (κ1) is 21.4. The lowest BCUT2D eigenvalue weighted by Gasteiger charge is -2.23. The van der Waals surface area contributed by atoms with E-state index >= 15 is 0 Å². The Morgan fingerprint density at radius 2 is 2.26 bits per heavy atom. The standard InChI is InChI=1S/C23H28N6OS/c1-14(2)8-22(31-4)28-21-10-19(16-6-5-7-25-11-16)27-23-18(12-26-29(21)23)17-9-20(15(3)24)30-13-17/h8-10,12-13,16,24-25,28H,1,5-7,11H2,2-4H3/b22-8-,24-15?. The van der Waals surface area contributed by atoms with Gasteiger partial charge in [-0.1, -0.05) is 12.2 Å². The molecule has 1 fully saturated rings. The number of piperidine rings is 1. The molecule has 1 aliphatic heterocycles. The Labute approximate surface area is 186 Å². The number of thioether (sulfide) groups is 1. The maximum Gasteiger partial charge on any atom is 0.165 e. The van der Waals surface area contributed by atoms with Crippen molar-refractivity contribution in [3.8, 4) is 11.1 Å². The van der Waals surface area contributed by atoms with Crippen LogP contribution in [-0.4, -0.2) is 39.7 Å². The maximum atomic E-state index is 7.83. The number of aromatic nitrogens is 3. The molecule has 1 aliphatic rings. The Balaban J connectivity index is 1.84. The van der Waals surface area contributed by atoms with E-state index in [-0.39, 0.29) is 0 Å². The summed E-state index contributed by atoms with van der Waals surface area (Å²) < 4.78 is 7.40. The molecule has 0 bridgehead atoms. The predicted octanol–water partition coefficient (Wildman–Crippen LogP) is 5.04. The Hall–Kier alpha value is -2.84. The first-order valence-corrected chi connectivity index (χ1v) is 11.6. The fourth-order valence-corrected chi connectivity index (χ4v) is 4.28. The summed E-state index contributed by atoms with van der Waals surface area (Å²) in [4.78, 5) is 5.03. The lowest BCUT2D eigenvalue weighted by molar-refractivity contribution is 0.455. The van der Waals surface area contributed by atoms with Gasteiger partial charge < -0.3 is 20.5 Å². The number of nitrogens with zero attached hydrogens (tertiary/aromatic N) is 3. The third-order valence-corrected chi connectivity index (χ3v) is 6.00. The van der Waals surface area contributed by atoms with Gasteiger partial charge in [0.1, 0.15) is 11.6 Å². The maximum absolute atomic E-state index is 7.83. The van der Waals surface area contributed by atoms with Gasteiger partial charge in [-0.05, 0) is 51.6 Å². The highest BCUT2D eigenvalue weighted by Gasteiger charge is 2.21. The third kappa shape index (κ3) is 4.60. The van der Waals surface area contributed by atoms with Gasteiger partial charge in [-0.15, -0.1) is 11.8 Å². The zero-order valence-electron chi connectivity index (χ0n) is 18.2. The summed E-state index contributed by atoms with van der Waals surface area (Å²) >= 11 is 1.63. The lowest BCUT2D eigenvalue weighted by atomic mass is 9.96. The minimum atomic E-state index is 0.355. The van der Waals surface area contributed by atoms with Crippen molar-refractivity contribution in [3.63, 3.8) is 0 Å². The SMILES string of the molecule is C=C(C)/C=C(/Nc1cc(C2CCCNC2)nc2c(-c3coc(C(C)=N)c3)cnn12)SC. The van der Waals surface area contributed by atoms with Crippen molar-refractivity contribution in [1.29, 1.82) is 5.41 Å². The van der Waals surface area contributed by atoms with E-state index in [1.807, 2.05) is 36.0 Å². The second-order valence-corrected chi connectivity index (χ2v) is 8.76. The smallest absolute Gasteiger partial charge is 0.165 e. The highest BCUT2D eigenvalue weighted by Crippen LogP contribution is 2.31. The van der Waals surface area contributed by atoms with Crippen LogP contribution in [-0.2, 0) is 0 Å². The summed E-state index contributed by atoms with van der Waals surface area (Å²) in [5.74, 6) is 1.77. The lowest BCUT2D eigenvalue weighted by Crippen LogP contribution is -2.29. The van der Waals surface area contributed by atoms with Crippen molar-refractivity contribution in [1.82, 2.24) is 19.9 Å². The molecule has 8 heteroatoms. The number of hydrogen-bond acceptors (Lipinski definition) is 7. The molecule has 0 aliphatic carbocycles. The number of fused-ring (bicyclic) bond motifs is 1. The van der Waals surface area contributed by atoms with Crippen molar-refractivity contribution in [2.75, 3.05) is 24.7 Å². The molecule has 0 spiro atoms. The minimum Gasteiger partial charge on any atom is -0.462 e. The van der Waals surface area contributed by atoms with Gasteiger partial charge in [0.15, 0.2) is 5.65 Å².